The van der Waals surface area contributed by atoms with Gasteiger partial charge in [0.2, 0.25) is 0 Å². The highest BCUT2D eigenvalue weighted by molar-refractivity contribution is 5.80. The lowest BCUT2D eigenvalue weighted by atomic mass is 9.91. The number of hydrogen-bond acceptors (Lipinski definition) is 4. The first-order valence-electron chi connectivity index (χ1n) is 7.82. The van der Waals surface area contributed by atoms with Gasteiger partial charge >= 0.3 is 0 Å². The van der Waals surface area contributed by atoms with Crippen LogP contribution in [0.2, 0.25) is 0 Å². The number of amides is 1. The molecule has 0 N–H and O–H groups in total. The largest absolute Gasteiger partial charge is 0.365 e. The molecular weight excluding hydrogens is 258 g/mol. The standard InChI is InChI=1S/C15H27NO4/c1-4-16(5-2)14(17)12(3)20-13-6-8-15(9-7-13)18-10-11-19-15/h12-13H,4-11H2,1-3H3. The van der Waals surface area contributed by atoms with Crippen LogP contribution >= 0.6 is 0 Å². The Bertz CT molecular complexity index is 314. The van der Waals surface area contributed by atoms with E-state index in [4.69, 9.17) is 14.2 Å². The van der Waals surface area contributed by atoms with Crippen LogP contribution in [0.1, 0.15) is 46.5 Å². The number of likely N-dealkylation sites (N-methyl/N-ethyl adjacent to an activating group) is 1. The van der Waals surface area contributed by atoms with Gasteiger partial charge in [-0.05, 0) is 33.6 Å². The Morgan fingerprint density at radius 2 is 1.80 bits per heavy atom. The molecule has 5 heteroatoms. The van der Waals surface area contributed by atoms with Crippen molar-refractivity contribution in [1.82, 2.24) is 4.90 Å². The summed E-state index contributed by atoms with van der Waals surface area (Å²) in [5, 5.41) is 0. The van der Waals surface area contributed by atoms with Crippen molar-refractivity contribution in [1.29, 1.82) is 0 Å². The van der Waals surface area contributed by atoms with Crippen LogP contribution in [-0.4, -0.2) is 55.1 Å². The average Bonchev–Trinajstić information content (AvgIpc) is 2.91. The first kappa shape index (κ1) is 15.7. The smallest absolute Gasteiger partial charge is 0.251 e. The molecule has 2 rings (SSSR count). The zero-order chi connectivity index (χ0) is 14.6. The minimum atomic E-state index is -0.362. The minimum Gasteiger partial charge on any atom is -0.365 e. The molecule has 0 radical (unpaired) electrons. The molecule has 2 fully saturated rings. The van der Waals surface area contributed by atoms with Gasteiger partial charge in [0.25, 0.3) is 5.91 Å². The first-order valence-corrected chi connectivity index (χ1v) is 7.82. The minimum absolute atomic E-state index is 0.0867. The highest BCUT2D eigenvalue weighted by Gasteiger charge is 2.41. The topological polar surface area (TPSA) is 48.0 Å². The monoisotopic (exact) mass is 285 g/mol. The van der Waals surface area contributed by atoms with Crippen molar-refractivity contribution < 1.29 is 19.0 Å². The van der Waals surface area contributed by atoms with E-state index in [1.54, 1.807) is 0 Å². The summed E-state index contributed by atoms with van der Waals surface area (Å²) >= 11 is 0. The lowest BCUT2D eigenvalue weighted by Crippen LogP contribution is -2.43. The molecule has 0 bridgehead atoms. The van der Waals surface area contributed by atoms with Crippen molar-refractivity contribution in [2.75, 3.05) is 26.3 Å². The highest BCUT2D eigenvalue weighted by atomic mass is 16.7. The molecule has 5 nitrogen and oxygen atoms in total. The van der Waals surface area contributed by atoms with E-state index >= 15 is 0 Å². The van der Waals surface area contributed by atoms with Gasteiger partial charge in [0.1, 0.15) is 6.10 Å². The second-order valence-electron chi connectivity index (χ2n) is 5.60. The van der Waals surface area contributed by atoms with Gasteiger partial charge in [-0.2, -0.15) is 0 Å². The third-order valence-corrected chi connectivity index (χ3v) is 4.33. The maximum Gasteiger partial charge on any atom is 0.251 e. The Morgan fingerprint density at radius 1 is 1.25 bits per heavy atom. The summed E-state index contributed by atoms with van der Waals surface area (Å²) in [5.41, 5.74) is 0. The van der Waals surface area contributed by atoms with E-state index in [2.05, 4.69) is 0 Å². The summed E-state index contributed by atoms with van der Waals surface area (Å²) in [5.74, 6) is -0.268. The van der Waals surface area contributed by atoms with E-state index < -0.39 is 0 Å². The second-order valence-corrected chi connectivity index (χ2v) is 5.60. The molecule has 20 heavy (non-hydrogen) atoms. The predicted molar refractivity (Wildman–Crippen MR) is 75.4 cm³/mol. The van der Waals surface area contributed by atoms with Crippen molar-refractivity contribution in [2.24, 2.45) is 0 Å². The van der Waals surface area contributed by atoms with Gasteiger partial charge in [0.05, 0.1) is 19.3 Å². The number of carbonyl (C=O) groups is 1. The molecule has 1 heterocycles. The number of nitrogens with zero attached hydrogens (tertiary/aromatic N) is 1. The SMILES string of the molecule is CCN(CC)C(=O)C(C)OC1CCC2(CC1)OCCO2. The van der Waals surface area contributed by atoms with E-state index in [1.807, 2.05) is 25.7 Å². The van der Waals surface area contributed by atoms with Gasteiger partial charge in [-0.15, -0.1) is 0 Å². The van der Waals surface area contributed by atoms with Crippen LogP contribution in [0.15, 0.2) is 0 Å². The Labute approximate surface area is 121 Å². The third-order valence-electron chi connectivity index (χ3n) is 4.33. The van der Waals surface area contributed by atoms with Crippen LogP contribution in [0.3, 0.4) is 0 Å². The number of rotatable bonds is 5. The highest BCUT2D eigenvalue weighted by Crippen LogP contribution is 2.37. The van der Waals surface area contributed by atoms with Gasteiger partial charge in [-0.1, -0.05) is 0 Å². The fourth-order valence-corrected chi connectivity index (χ4v) is 3.09. The molecule has 0 aromatic heterocycles. The van der Waals surface area contributed by atoms with E-state index in [-0.39, 0.29) is 23.9 Å². The van der Waals surface area contributed by atoms with Crippen LogP contribution in [0.5, 0.6) is 0 Å². The molecule has 1 spiro atoms. The zero-order valence-electron chi connectivity index (χ0n) is 12.9. The Hall–Kier alpha value is -0.650. The summed E-state index contributed by atoms with van der Waals surface area (Å²) in [7, 11) is 0. The first-order chi connectivity index (χ1) is 9.60. The van der Waals surface area contributed by atoms with E-state index in [9.17, 15) is 4.79 Å². The Morgan fingerprint density at radius 3 is 2.30 bits per heavy atom. The Kier molecular flexibility index (Phi) is 5.41. The zero-order valence-corrected chi connectivity index (χ0v) is 12.9. The van der Waals surface area contributed by atoms with E-state index in [0.717, 1.165) is 38.8 Å². The number of hydrogen-bond donors (Lipinski definition) is 0. The maximum absolute atomic E-state index is 12.2. The van der Waals surface area contributed by atoms with Crippen molar-refractivity contribution in [2.45, 2.75) is 64.4 Å². The molecular formula is C15H27NO4. The molecule has 1 unspecified atom stereocenters. The van der Waals surface area contributed by atoms with Gasteiger partial charge in [-0.3, -0.25) is 4.79 Å². The third kappa shape index (κ3) is 3.51. The molecule has 1 saturated heterocycles. The Balaban J connectivity index is 1.78. The summed E-state index contributed by atoms with van der Waals surface area (Å²) in [4.78, 5) is 14.0. The normalized spacial score (nSPS) is 23.9. The van der Waals surface area contributed by atoms with E-state index in [1.165, 1.54) is 0 Å². The second kappa shape index (κ2) is 6.87. The summed E-state index contributed by atoms with van der Waals surface area (Å²) < 4.78 is 17.3. The average molecular weight is 285 g/mol. The lowest BCUT2D eigenvalue weighted by Gasteiger charge is -2.36. The van der Waals surface area contributed by atoms with Crippen molar-refractivity contribution in [3.05, 3.63) is 0 Å². The number of carbonyl (C=O) groups excluding carboxylic acids is 1. The van der Waals surface area contributed by atoms with Crippen LogP contribution in [0.4, 0.5) is 0 Å². The van der Waals surface area contributed by atoms with Gasteiger partial charge in [-0.25, -0.2) is 0 Å². The fourth-order valence-electron chi connectivity index (χ4n) is 3.09. The molecule has 1 aliphatic heterocycles. The summed E-state index contributed by atoms with van der Waals surface area (Å²) in [6, 6.07) is 0. The molecule has 1 atom stereocenters. The molecule has 1 amide bonds. The van der Waals surface area contributed by atoms with Gasteiger partial charge < -0.3 is 19.1 Å². The van der Waals surface area contributed by atoms with Gasteiger partial charge in [0, 0.05) is 25.9 Å². The van der Waals surface area contributed by atoms with Crippen LogP contribution in [0.25, 0.3) is 0 Å². The maximum atomic E-state index is 12.2. The summed E-state index contributed by atoms with van der Waals surface area (Å²) in [6.45, 7) is 8.70. The molecule has 2 aliphatic rings. The van der Waals surface area contributed by atoms with E-state index in [0.29, 0.717) is 13.2 Å². The van der Waals surface area contributed by atoms with Crippen LogP contribution < -0.4 is 0 Å². The molecule has 0 aromatic carbocycles. The van der Waals surface area contributed by atoms with Crippen molar-refractivity contribution in [3.63, 3.8) is 0 Å². The lowest BCUT2D eigenvalue weighted by molar-refractivity contribution is -0.196. The van der Waals surface area contributed by atoms with Crippen LogP contribution in [-0.2, 0) is 19.0 Å². The summed E-state index contributed by atoms with van der Waals surface area (Å²) in [6.07, 6.45) is 3.31. The van der Waals surface area contributed by atoms with Crippen molar-refractivity contribution >= 4 is 5.91 Å². The molecule has 116 valence electrons. The van der Waals surface area contributed by atoms with Crippen molar-refractivity contribution in [3.8, 4) is 0 Å². The van der Waals surface area contributed by atoms with Crippen LogP contribution in [0, 0.1) is 0 Å². The molecule has 0 aromatic rings. The molecule has 1 aliphatic carbocycles. The molecule has 1 saturated carbocycles. The number of ether oxygens (including phenoxy) is 3. The fraction of sp³-hybridized carbons (Fsp3) is 0.933. The quantitative estimate of drug-likeness (QED) is 0.774. The predicted octanol–water partition coefficient (Wildman–Crippen LogP) is 1.95. The van der Waals surface area contributed by atoms with Gasteiger partial charge in [0.15, 0.2) is 5.79 Å².